The van der Waals surface area contributed by atoms with Gasteiger partial charge in [-0.25, -0.2) is 0 Å². The molecule has 0 unspecified atom stereocenters. The van der Waals surface area contributed by atoms with E-state index >= 15 is 0 Å². The van der Waals surface area contributed by atoms with E-state index in [2.05, 4.69) is 10.2 Å². The lowest BCUT2D eigenvalue weighted by Gasteiger charge is -2.36. The van der Waals surface area contributed by atoms with E-state index < -0.39 is 6.10 Å². The van der Waals surface area contributed by atoms with Crippen molar-refractivity contribution in [2.24, 2.45) is 5.92 Å². The number of nitrogens with one attached hydrogen (secondary N) is 1. The quantitative estimate of drug-likeness (QED) is 0.630. The zero-order chi connectivity index (χ0) is 19.9. The summed E-state index contributed by atoms with van der Waals surface area (Å²) in [6.45, 7) is 4.61. The number of carbonyl (C=O) groups excluding carboxylic acids is 1. The highest BCUT2D eigenvalue weighted by atomic mass is 35.5. The van der Waals surface area contributed by atoms with Gasteiger partial charge in [-0.3, -0.25) is 4.79 Å². The standard InChI is InChI=1S/C20H29ClN2O5/c1-26-6-2-4-23-5-3-14(17(24)13-23)12-22-19(25)10-15-9-16(21)11-18-20(15)28-8-7-27-18/h9,11,14,17,24H,2-8,10,12-13H2,1H3,(H,22,25)/t14-,17+/m0/s1. The molecule has 156 valence electrons. The van der Waals surface area contributed by atoms with Gasteiger partial charge in [-0.15, -0.1) is 0 Å². The molecule has 0 aliphatic carbocycles. The fourth-order valence-corrected chi connectivity index (χ4v) is 3.95. The number of benzene rings is 1. The predicted molar refractivity (Wildman–Crippen MR) is 106 cm³/mol. The second-order valence-electron chi connectivity index (χ2n) is 7.33. The lowest BCUT2D eigenvalue weighted by atomic mass is 9.93. The topological polar surface area (TPSA) is 80.3 Å². The third kappa shape index (κ3) is 5.73. The third-order valence-electron chi connectivity index (χ3n) is 5.22. The number of fused-ring (bicyclic) bond motifs is 1. The molecule has 1 aromatic carbocycles. The van der Waals surface area contributed by atoms with Gasteiger partial charge in [0.25, 0.3) is 0 Å². The Hall–Kier alpha value is -1.54. The molecule has 8 heteroatoms. The number of likely N-dealkylation sites (tertiary alicyclic amines) is 1. The highest BCUT2D eigenvalue weighted by Gasteiger charge is 2.28. The van der Waals surface area contributed by atoms with Gasteiger partial charge in [0.05, 0.1) is 12.5 Å². The normalized spacial score (nSPS) is 22.1. The number of halogens is 1. The molecule has 7 nitrogen and oxygen atoms in total. The third-order valence-corrected chi connectivity index (χ3v) is 5.44. The number of carbonyl (C=O) groups is 1. The first-order valence-corrected chi connectivity index (χ1v) is 10.2. The number of methoxy groups -OCH3 is 1. The van der Waals surface area contributed by atoms with Gasteiger partial charge in [0, 0.05) is 55.9 Å². The smallest absolute Gasteiger partial charge is 0.224 e. The largest absolute Gasteiger partial charge is 0.486 e. The number of piperidine rings is 1. The van der Waals surface area contributed by atoms with E-state index in [9.17, 15) is 9.90 Å². The van der Waals surface area contributed by atoms with Gasteiger partial charge in [0.1, 0.15) is 13.2 Å². The SMILES string of the molecule is COCCCN1CC[C@@H](CNC(=O)Cc2cc(Cl)cc3c2OCCO3)[C@H](O)C1. The summed E-state index contributed by atoms with van der Waals surface area (Å²) in [5, 5.41) is 13.9. The predicted octanol–water partition coefficient (Wildman–Crippen LogP) is 1.49. The van der Waals surface area contributed by atoms with Crippen molar-refractivity contribution in [3.05, 3.63) is 22.7 Å². The molecule has 28 heavy (non-hydrogen) atoms. The molecule has 2 N–H and O–H groups in total. The number of rotatable bonds is 8. The van der Waals surface area contributed by atoms with Crippen molar-refractivity contribution in [1.82, 2.24) is 10.2 Å². The Bertz CT molecular complexity index is 672. The van der Waals surface area contributed by atoms with E-state index in [1.54, 1.807) is 19.2 Å². The number of ether oxygens (including phenoxy) is 3. The molecule has 0 bridgehead atoms. The summed E-state index contributed by atoms with van der Waals surface area (Å²) in [4.78, 5) is 14.7. The van der Waals surface area contributed by atoms with Crippen LogP contribution in [-0.2, 0) is 16.0 Å². The van der Waals surface area contributed by atoms with Crippen LogP contribution in [0, 0.1) is 5.92 Å². The lowest BCUT2D eigenvalue weighted by Crippen LogP contribution is -2.48. The summed E-state index contributed by atoms with van der Waals surface area (Å²) in [5.74, 6) is 1.12. The summed E-state index contributed by atoms with van der Waals surface area (Å²) >= 11 is 6.13. The van der Waals surface area contributed by atoms with Crippen molar-refractivity contribution >= 4 is 17.5 Å². The van der Waals surface area contributed by atoms with Crippen molar-refractivity contribution in [3.63, 3.8) is 0 Å². The van der Waals surface area contributed by atoms with Gasteiger partial charge >= 0.3 is 0 Å². The molecule has 0 saturated carbocycles. The Morgan fingerprint density at radius 3 is 3.00 bits per heavy atom. The molecule has 1 saturated heterocycles. The van der Waals surface area contributed by atoms with Crippen LogP contribution in [0.4, 0.5) is 0 Å². The van der Waals surface area contributed by atoms with E-state index in [0.717, 1.165) is 32.5 Å². The first-order valence-electron chi connectivity index (χ1n) is 9.81. The first kappa shape index (κ1) is 21.2. The molecular weight excluding hydrogens is 384 g/mol. The molecule has 0 aromatic heterocycles. The number of amides is 1. The number of β-amino-alcohol motifs (C(OH)–C–C–N with tert-alkyl or cyclic N) is 1. The maximum atomic E-state index is 12.4. The maximum absolute atomic E-state index is 12.4. The van der Waals surface area contributed by atoms with Crippen molar-refractivity contribution in [1.29, 1.82) is 0 Å². The van der Waals surface area contributed by atoms with Crippen LogP contribution in [0.2, 0.25) is 5.02 Å². The Kier molecular flexibility index (Phi) is 7.79. The Labute approximate surface area is 170 Å². The van der Waals surface area contributed by atoms with Crippen LogP contribution in [0.25, 0.3) is 0 Å². The van der Waals surface area contributed by atoms with Gasteiger partial charge in [0.2, 0.25) is 5.91 Å². The van der Waals surface area contributed by atoms with E-state index in [4.69, 9.17) is 25.8 Å². The van der Waals surface area contributed by atoms with Crippen LogP contribution in [-0.4, -0.2) is 75.1 Å². The minimum Gasteiger partial charge on any atom is -0.486 e. The number of aliphatic hydroxyl groups excluding tert-OH is 1. The number of hydrogen-bond donors (Lipinski definition) is 2. The Morgan fingerprint density at radius 1 is 1.39 bits per heavy atom. The second-order valence-corrected chi connectivity index (χ2v) is 7.77. The molecule has 3 rings (SSSR count). The van der Waals surface area contributed by atoms with E-state index in [-0.39, 0.29) is 18.2 Å². The molecule has 2 aliphatic heterocycles. The van der Waals surface area contributed by atoms with Crippen LogP contribution >= 0.6 is 11.6 Å². The average molecular weight is 413 g/mol. The monoisotopic (exact) mass is 412 g/mol. The molecule has 0 spiro atoms. The van der Waals surface area contributed by atoms with Crippen LogP contribution in [0.5, 0.6) is 11.5 Å². The highest BCUT2D eigenvalue weighted by Crippen LogP contribution is 2.37. The molecule has 0 radical (unpaired) electrons. The van der Waals surface area contributed by atoms with E-state index in [1.807, 2.05) is 0 Å². The summed E-state index contributed by atoms with van der Waals surface area (Å²) in [5.41, 5.74) is 0.716. The van der Waals surface area contributed by atoms with Crippen LogP contribution in [0.1, 0.15) is 18.4 Å². The fraction of sp³-hybridized carbons (Fsp3) is 0.650. The molecular formula is C20H29ClN2O5. The molecule has 1 fully saturated rings. The van der Waals surface area contributed by atoms with E-state index in [0.29, 0.717) is 48.4 Å². The van der Waals surface area contributed by atoms with Gasteiger partial charge < -0.3 is 29.5 Å². The number of aliphatic hydroxyl groups is 1. The van der Waals surface area contributed by atoms with Crippen molar-refractivity contribution in [2.75, 3.05) is 53.1 Å². The molecule has 2 atom stereocenters. The van der Waals surface area contributed by atoms with E-state index in [1.165, 1.54) is 0 Å². The van der Waals surface area contributed by atoms with Crippen molar-refractivity contribution in [2.45, 2.75) is 25.4 Å². The summed E-state index contributed by atoms with van der Waals surface area (Å²) in [6, 6.07) is 3.44. The van der Waals surface area contributed by atoms with Crippen molar-refractivity contribution < 1.29 is 24.1 Å². The average Bonchev–Trinajstić information content (AvgIpc) is 2.67. The van der Waals surface area contributed by atoms with Gasteiger partial charge in [0.15, 0.2) is 11.5 Å². The highest BCUT2D eigenvalue weighted by molar-refractivity contribution is 6.30. The molecule has 1 amide bonds. The summed E-state index contributed by atoms with van der Waals surface area (Å²) in [7, 11) is 1.70. The lowest BCUT2D eigenvalue weighted by molar-refractivity contribution is -0.121. The van der Waals surface area contributed by atoms with Gasteiger partial charge in [-0.05, 0) is 25.5 Å². The second kappa shape index (κ2) is 10.3. The first-order chi connectivity index (χ1) is 13.6. The zero-order valence-electron chi connectivity index (χ0n) is 16.3. The molecule has 2 aliphatic rings. The van der Waals surface area contributed by atoms with Gasteiger partial charge in [-0.2, -0.15) is 0 Å². The number of hydrogen-bond acceptors (Lipinski definition) is 6. The van der Waals surface area contributed by atoms with Crippen LogP contribution < -0.4 is 14.8 Å². The fourth-order valence-electron chi connectivity index (χ4n) is 3.72. The van der Waals surface area contributed by atoms with Gasteiger partial charge in [-0.1, -0.05) is 11.6 Å². The van der Waals surface area contributed by atoms with Crippen molar-refractivity contribution in [3.8, 4) is 11.5 Å². The number of nitrogens with zero attached hydrogens (tertiary/aromatic N) is 1. The molecule has 2 heterocycles. The minimum atomic E-state index is -0.438. The maximum Gasteiger partial charge on any atom is 0.224 e. The Morgan fingerprint density at radius 2 is 2.21 bits per heavy atom. The Balaban J connectivity index is 1.47. The molecule has 1 aromatic rings. The van der Waals surface area contributed by atoms with Crippen LogP contribution in [0.15, 0.2) is 12.1 Å². The van der Waals surface area contributed by atoms with Crippen LogP contribution in [0.3, 0.4) is 0 Å². The minimum absolute atomic E-state index is 0.0653. The zero-order valence-corrected chi connectivity index (χ0v) is 17.0. The summed E-state index contributed by atoms with van der Waals surface area (Å²) < 4.78 is 16.3. The summed E-state index contributed by atoms with van der Waals surface area (Å²) in [6.07, 6.45) is 1.54.